The topological polar surface area (TPSA) is 87.3 Å². The largest absolute Gasteiger partial charge is 0.350 e. The molecule has 0 saturated carbocycles. The molecular formula is C15H23N3O3S. The number of nitrogens with one attached hydrogen (secondary N) is 3. The van der Waals surface area contributed by atoms with Crippen LogP contribution in [0.4, 0.5) is 5.69 Å². The van der Waals surface area contributed by atoms with Crippen LogP contribution in [0.15, 0.2) is 24.3 Å². The molecule has 0 radical (unpaired) electrons. The molecule has 0 spiro atoms. The number of hydrogen-bond acceptors (Lipinski definition) is 4. The van der Waals surface area contributed by atoms with E-state index in [4.69, 9.17) is 0 Å². The zero-order valence-electron chi connectivity index (χ0n) is 12.8. The number of sulfonamides is 1. The molecule has 22 heavy (non-hydrogen) atoms. The summed E-state index contributed by atoms with van der Waals surface area (Å²) in [4.78, 5) is 12.1. The fourth-order valence-corrected chi connectivity index (χ4v) is 3.60. The first-order valence-electron chi connectivity index (χ1n) is 7.62. The highest BCUT2D eigenvalue weighted by Crippen LogP contribution is 2.13. The van der Waals surface area contributed by atoms with E-state index in [1.807, 2.05) is 0 Å². The molecule has 122 valence electrons. The molecule has 1 heterocycles. The Labute approximate surface area is 131 Å². The second kappa shape index (κ2) is 7.60. The fourth-order valence-electron chi connectivity index (χ4n) is 2.47. The standard InChI is InChI=1S/C15H23N3O3S/c1-2-9-22(20,21)18-13-6-3-5-12(10-13)15(19)17-11-14-7-4-8-16-14/h3,5-6,10,14,16,18H,2,4,7-9,11H2,1H3,(H,17,19). The van der Waals surface area contributed by atoms with Crippen LogP contribution in [0.5, 0.6) is 0 Å². The maximum Gasteiger partial charge on any atom is 0.251 e. The van der Waals surface area contributed by atoms with Gasteiger partial charge in [0, 0.05) is 23.8 Å². The van der Waals surface area contributed by atoms with Crippen LogP contribution in [0.1, 0.15) is 36.5 Å². The Morgan fingerprint density at radius 1 is 1.41 bits per heavy atom. The molecule has 1 saturated heterocycles. The Bertz CT molecular complexity index is 610. The van der Waals surface area contributed by atoms with Crippen molar-refractivity contribution in [3.05, 3.63) is 29.8 Å². The van der Waals surface area contributed by atoms with Gasteiger partial charge in [0.2, 0.25) is 10.0 Å². The molecule has 1 fully saturated rings. The van der Waals surface area contributed by atoms with Crippen LogP contribution >= 0.6 is 0 Å². The molecule has 6 nitrogen and oxygen atoms in total. The monoisotopic (exact) mass is 325 g/mol. The summed E-state index contributed by atoms with van der Waals surface area (Å²) in [5, 5.41) is 6.19. The minimum Gasteiger partial charge on any atom is -0.350 e. The third kappa shape index (κ3) is 4.99. The van der Waals surface area contributed by atoms with E-state index in [0.29, 0.717) is 30.3 Å². The molecule has 0 aliphatic carbocycles. The second-order valence-corrected chi connectivity index (χ2v) is 7.35. The van der Waals surface area contributed by atoms with Crippen LogP contribution in [0.25, 0.3) is 0 Å². The predicted molar refractivity (Wildman–Crippen MR) is 87.5 cm³/mol. The average molecular weight is 325 g/mol. The van der Waals surface area contributed by atoms with Crippen molar-refractivity contribution in [2.24, 2.45) is 0 Å². The maximum atomic E-state index is 12.1. The molecule has 1 aromatic carbocycles. The lowest BCUT2D eigenvalue weighted by Crippen LogP contribution is -2.37. The van der Waals surface area contributed by atoms with Crippen LogP contribution in [-0.4, -0.2) is 39.2 Å². The van der Waals surface area contributed by atoms with Gasteiger partial charge in [0.15, 0.2) is 0 Å². The number of carbonyl (C=O) groups excluding carboxylic acids is 1. The van der Waals surface area contributed by atoms with Gasteiger partial charge in [-0.3, -0.25) is 9.52 Å². The van der Waals surface area contributed by atoms with Gasteiger partial charge in [-0.25, -0.2) is 8.42 Å². The summed E-state index contributed by atoms with van der Waals surface area (Å²) in [6.45, 7) is 3.39. The minimum absolute atomic E-state index is 0.0662. The molecular weight excluding hydrogens is 302 g/mol. The number of hydrogen-bond donors (Lipinski definition) is 3. The SMILES string of the molecule is CCCS(=O)(=O)Nc1cccc(C(=O)NCC2CCCN2)c1. The van der Waals surface area contributed by atoms with Gasteiger partial charge in [-0.1, -0.05) is 13.0 Å². The normalized spacial score (nSPS) is 18.1. The van der Waals surface area contributed by atoms with Crippen molar-refractivity contribution in [1.82, 2.24) is 10.6 Å². The smallest absolute Gasteiger partial charge is 0.251 e. The van der Waals surface area contributed by atoms with Gasteiger partial charge in [0.05, 0.1) is 5.75 Å². The number of anilines is 1. The highest BCUT2D eigenvalue weighted by atomic mass is 32.2. The Balaban J connectivity index is 1.96. The number of benzene rings is 1. The van der Waals surface area contributed by atoms with E-state index in [1.54, 1.807) is 31.2 Å². The first-order chi connectivity index (χ1) is 10.5. The second-order valence-electron chi connectivity index (χ2n) is 5.51. The van der Waals surface area contributed by atoms with E-state index < -0.39 is 10.0 Å². The van der Waals surface area contributed by atoms with E-state index in [0.717, 1.165) is 19.4 Å². The predicted octanol–water partition coefficient (Wildman–Crippen LogP) is 1.32. The Morgan fingerprint density at radius 3 is 2.91 bits per heavy atom. The summed E-state index contributed by atoms with van der Waals surface area (Å²) in [5.41, 5.74) is 0.870. The highest BCUT2D eigenvalue weighted by Gasteiger charge is 2.16. The molecule has 1 aliphatic rings. The van der Waals surface area contributed by atoms with E-state index >= 15 is 0 Å². The number of carbonyl (C=O) groups is 1. The van der Waals surface area contributed by atoms with E-state index in [-0.39, 0.29) is 11.7 Å². The van der Waals surface area contributed by atoms with Crippen molar-refractivity contribution in [3.63, 3.8) is 0 Å². The van der Waals surface area contributed by atoms with Gasteiger partial charge in [-0.05, 0) is 44.0 Å². The number of rotatable bonds is 7. The molecule has 0 aromatic heterocycles. The molecule has 1 aliphatic heterocycles. The third-order valence-electron chi connectivity index (χ3n) is 3.54. The van der Waals surface area contributed by atoms with Crippen molar-refractivity contribution >= 4 is 21.6 Å². The first-order valence-corrected chi connectivity index (χ1v) is 9.27. The van der Waals surface area contributed by atoms with Crippen molar-refractivity contribution in [2.45, 2.75) is 32.2 Å². The van der Waals surface area contributed by atoms with Gasteiger partial charge in [0.25, 0.3) is 5.91 Å². The number of amides is 1. The Kier molecular flexibility index (Phi) is 5.79. The van der Waals surface area contributed by atoms with Crippen molar-refractivity contribution in [1.29, 1.82) is 0 Å². The molecule has 2 rings (SSSR count). The molecule has 3 N–H and O–H groups in total. The van der Waals surface area contributed by atoms with Crippen LogP contribution in [0, 0.1) is 0 Å². The molecule has 1 amide bonds. The third-order valence-corrected chi connectivity index (χ3v) is 5.03. The average Bonchev–Trinajstić information content (AvgIpc) is 2.97. The van der Waals surface area contributed by atoms with Gasteiger partial charge in [0.1, 0.15) is 0 Å². The first kappa shape index (κ1) is 16.8. The van der Waals surface area contributed by atoms with Gasteiger partial charge >= 0.3 is 0 Å². The quantitative estimate of drug-likeness (QED) is 0.705. The zero-order chi connectivity index (χ0) is 16.0. The minimum atomic E-state index is -3.34. The van der Waals surface area contributed by atoms with Crippen molar-refractivity contribution in [3.8, 4) is 0 Å². The van der Waals surface area contributed by atoms with E-state index in [9.17, 15) is 13.2 Å². The van der Waals surface area contributed by atoms with E-state index in [1.165, 1.54) is 0 Å². The summed E-state index contributed by atoms with van der Waals surface area (Å²) in [6, 6.07) is 6.88. The Morgan fingerprint density at radius 2 is 2.23 bits per heavy atom. The maximum absolute atomic E-state index is 12.1. The van der Waals surface area contributed by atoms with Crippen molar-refractivity contribution in [2.75, 3.05) is 23.6 Å². The van der Waals surface area contributed by atoms with Crippen molar-refractivity contribution < 1.29 is 13.2 Å². The lowest BCUT2D eigenvalue weighted by atomic mass is 10.2. The van der Waals surface area contributed by atoms with Crippen LogP contribution in [-0.2, 0) is 10.0 Å². The summed E-state index contributed by atoms with van der Waals surface area (Å²) >= 11 is 0. The summed E-state index contributed by atoms with van der Waals surface area (Å²) in [5.74, 6) is -0.123. The molecule has 0 bridgehead atoms. The lowest BCUT2D eigenvalue weighted by molar-refractivity contribution is 0.0950. The van der Waals surface area contributed by atoms with Crippen LogP contribution < -0.4 is 15.4 Å². The summed E-state index contributed by atoms with van der Waals surface area (Å²) in [7, 11) is -3.34. The lowest BCUT2D eigenvalue weighted by Gasteiger charge is -2.12. The highest BCUT2D eigenvalue weighted by molar-refractivity contribution is 7.92. The molecule has 1 unspecified atom stereocenters. The summed E-state index contributed by atoms with van der Waals surface area (Å²) < 4.78 is 26.0. The van der Waals surface area contributed by atoms with Gasteiger partial charge in [-0.15, -0.1) is 0 Å². The van der Waals surface area contributed by atoms with Crippen LogP contribution in [0.2, 0.25) is 0 Å². The van der Waals surface area contributed by atoms with Crippen LogP contribution in [0.3, 0.4) is 0 Å². The molecule has 1 aromatic rings. The zero-order valence-corrected chi connectivity index (χ0v) is 13.6. The van der Waals surface area contributed by atoms with E-state index in [2.05, 4.69) is 15.4 Å². The molecule has 7 heteroatoms. The van der Waals surface area contributed by atoms with Gasteiger partial charge < -0.3 is 10.6 Å². The Hall–Kier alpha value is -1.60. The molecule has 1 atom stereocenters. The van der Waals surface area contributed by atoms with Gasteiger partial charge in [-0.2, -0.15) is 0 Å². The summed E-state index contributed by atoms with van der Waals surface area (Å²) in [6.07, 6.45) is 2.75. The fraction of sp³-hybridized carbons (Fsp3) is 0.533.